The van der Waals surface area contributed by atoms with Crippen molar-refractivity contribution < 1.29 is 9.53 Å². The third-order valence-corrected chi connectivity index (χ3v) is 4.37. The Kier molecular flexibility index (Phi) is 4.48. The Labute approximate surface area is 138 Å². The summed E-state index contributed by atoms with van der Waals surface area (Å²) in [7, 11) is 0. The molecule has 2 aromatic rings. The highest BCUT2D eigenvalue weighted by atomic mass is 79.9. The molecule has 0 heterocycles. The van der Waals surface area contributed by atoms with E-state index in [0.717, 1.165) is 22.3 Å². The molecule has 22 heavy (non-hydrogen) atoms. The van der Waals surface area contributed by atoms with Gasteiger partial charge in [-0.05, 0) is 49.1 Å². The van der Waals surface area contributed by atoms with Gasteiger partial charge in [-0.3, -0.25) is 4.79 Å². The van der Waals surface area contributed by atoms with E-state index in [1.54, 1.807) is 0 Å². The number of halogens is 1. The molecule has 0 spiro atoms. The number of ether oxygens (including phenoxy) is 1. The number of nitrogens with one attached hydrogen (secondary N) is 1. The van der Waals surface area contributed by atoms with Crippen LogP contribution in [0, 0.1) is 5.92 Å². The predicted molar refractivity (Wildman–Crippen MR) is 91.2 cm³/mol. The number of hydrogen-bond donors (Lipinski definition) is 1. The van der Waals surface area contributed by atoms with E-state index in [1.807, 2.05) is 43.3 Å². The van der Waals surface area contributed by atoms with Crippen molar-refractivity contribution in [3.05, 3.63) is 58.6 Å². The summed E-state index contributed by atoms with van der Waals surface area (Å²) in [5.74, 6) is 1.27. The normalized spacial score (nSPS) is 19.5. The predicted octanol–water partition coefficient (Wildman–Crippen LogP) is 4.59. The fourth-order valence-electron chi connectivity index (χ4n) is 2.63. The Bertz CT molecular complexity index is 669. The third-order valence-electron chi connectivity index (χ3n) is 3.84. The van der Waals surface area contributed by atoms with Gasteiger partial charge in [-0.15, -0.1) is 0 Å². The standard InChI is InChI=1S/C18H18BrNO2/c1-2-22-15-5-3-4-14(10-15)20-18(21)17-11-16(17)12-6-8-13(19)9-7-12/h3-10,16-17H,2,11H2,1H3,(H,20,21). The smallest absolute Gasteiger partial charge is 0.228 e. The third kappa shape index (κ3) is 3.50. The topological polar surface area (TPSA) is 38.3 Å². The van der Waals surface area contributed by atoms with Gasteiger partial charge in [0.1, 0.15) is 5.75 Å². The summed E-state index contributed by atoms with van der Waals surface area (Å²) in [6.07, 6.45) is 0.915. The monoisotopic (exact) mass is 359 g/mol. The Balaban J connectivity index is 1.61. The second-order valence-corrected chi connectivity index (χ2v) is 6.37. The molecule has 0 bridgehead atoms. The zero-order chi connectivity index (χ0) is 15.5. The van der Waals surface area contributed by atoms with Gasteiger partial charge in [0, 0.05) is 22.1 Å². The van der Waals surface area contributed by atoms with E-state index < -0.39 is 0 Å². The Morgan fingerprint density at radius 2 is 2.05 bits per heavy atom. The van der Waals surface area contributed by atoms with E-state index in [4.69, 9.17) is 4.74 Å². The summed E-state index contributed by atoms with van der Waals surface area (Å²) in [6, 6.07) is 15.7. The lowest BCUT2D eigenvalue weighted by molar-refractivity contribution is -0.117. The van der Waals surface area contributed by atoms with Gasteiger partial charge in [-0.2, -0.15) is 0 Å². The highest BCUT2D eigenvalue weighted by molar-refractivity contribution is 9.10. The van der Waals surface area contributed by atoms with Gasteiger partial charge < -0.3 is 10.1 Å². The second kappa shape index (κ2) is 6.53. The molecule has 2 aromatic carbocycles. The van der Waals surface area contributed by atoms with Crippen LogP contribution in [0.25, 0.3) is 0 Å². The van der Waals surface area contributed by atoms with Crippen LogP contribution in [0.15, 0.2) is 53.0 Å². The average Bonchev–Trinajstić information content (AvgIpc) is 3.29. The molecule has 1 amide bonds. The molecule has 3 rings (SSSR count). The first-order valence-electron chi connectivity index (χ1n) is 7.46. The van der Waals surface area contributed by atoms with E-state index in [-0.39, 0.29) is 11.8 Å². The summed E-state index contributed by atoms with van der Waals surface area (Å²) >= 11 is 3.43. The minimum absolute atomic E-state index is 0.0666. The number of carbonyl (C=O) groups excluding carboxylic acids is 1. The molecular formula is C18H18BrNO2. The Morgan fingerprint density at radius 1 is 1.27 bits per heavy atom. The number of anilines is 1. The van der Waals surface area contributed by atoms with Gasteiger partial charge in [0.05, 0.1) is 6.61 Å². The van der Waals surface area contributed by atoms with Crippen LogP contribution >= 0.6 is 15.9 Å². The van der Waals surface area contributed by atoms with Crippen molar-refractivity contribution in [2.24, 2.45) is 5.92 Å². The average molecular weight is 360 g/mol. The van der Waals surface area contributed by atoms with E-state index in [2.05, 4.69) is 33.4 Å². The molecule has 1 N–H and O–H groups in total. The molecule has 1 fully saturated rings. The molecule has 2 unspecified atom stereocenters. The molecule has 0 saturated heterocycles. The quantitative estimate of drug-likeness (QED) is 0.847. The molecule has 1 aliphatic carbocycles. The molecule has 2 atom stereocenters. The molecule has 1 aliphatic rings. The van der Waals surface area contributed by atoms with Crippen molar-refractivity contribution in [3.63, 3.8) is 0 Å². The molecule has 1 saturated carbocycles. The maximum atomic E-state index is 12.3. The fraction of sp³-hybridized carbons (Fsp3) is 0.278. The van der Waals surface area contributed by atoms with E-state index in [0.29, 0.717) is 12.5 Å². The molecule has 0 aliphatic heterocycles. The highest BCUT2D eigenvalue weighted by Gasteiger charge is 2.43. The van der Waals surface area contributed by atoms with Crippen LogP contribution in [0.4, 0.5) is 5.69 Å². The van der Waals surface area contributed by atoms with Crippen LogP contribution < -0.4 is 10.1 Å². The Hall–Kier alpha value is -1.81. The van der Waals surface area contributed by atoms with Crippen LogP contribution in [-0.4, -0.2) is 12.5 Å². The van der Waals surface area contributed by atoms with Gasteiger partial charge in [-0.25, -0.2) is 0 Å². The van der Waals surface area contributed by atoms with Crippen molar-refractivity contribution in [1.82, 2.24) is 0 Å². The number of rotatable bonds is 5. The van der Waals surface area contributed by atoms with E-state index in [1.165, 1.54) is 5.56 Å². The summed E-state index contributed by atoms with van der Waals surface area (Å²) in [4.78, 5) is 12.3. The first-order valence-corrected chi connectivity index (χ1v) is 8.26. The van der Waals surface area contributed by atoms with Crippen LogP contribution in [-0.2, 0) is 4.79 Å². The maximum Gasteiger partial charge on any atom is 0.228 e. The van der Waals surface area contributed by atoms with Crippen molar-refractivity contribution in [2.45, 2.75) is 19.3 Å². The van der Waals surface area contributed by atoms with E-state index in [9.17, 15) is 4.79 Å². The van der Waals surface area contributed by atoms with Crippen molar-refractivity contribution in [3.8, 4) is 5.75 Å². The number of carbonyl (C=O) groups is 1. The van der Waals surface area contributed by atoms with Gasteiger partial charge in [0.25, 0.3) is 0 Å². The zero-order valence-electron chi connectivity index (χ0n) is 12.4. The van der Waals surface area contributed by atoms with Gasteiger partial charge in [0.15, 0.2) is 0 Å². The fourth-order valence-corrected chi connectivity index (χ4v) is 2.89. The van der Waals surface area contributed by atoms with Crippen molar-refractivity contribution >= 4 is 27.5 Å². The van der Waals surface area contributed by atoms with Crippen LogP contribution in [0.3, 0.4) is 0 Å². The Morgan fingerprint density at radius 3 is 2.77 bits per heavy atom. The van der Waals surface area contributed by atoms with Gasteiger partial charge in [-0.1, -0.05) is 34.1 Å². The lowest BCUT2D eigenvalue weighted by Gasteiger charge is -2.08. The molecule has 0 radical (unpaired) electrons. The lowest BCUT2D eigenvalue weighted by Crippen LogP contribution is -2.14. The first kappa shape index (κ1) is 15.1. The van der Waals surface area contributed by atoms with Crippen molar-refractivity contribution in [1.29, 1.82) is 0 Å². The second-order valence-electron chi connectivity index (χ2n) is 5.45. The van der Waals surface area contributed by atoms with Gasteiger partial charge in [0.2, 0.25) is 5.91 Å². The van der Waals surface area contributed by atoms with Gasteiger partial charge >= 0.3 is 0 Å². The van der Waals surface area contributed by atoms with Crippen LogP contribution in [0.1, 0.15) is 24.8 Å². The zero-order valence-corrected chi connectivity index (χ0v) is 14.0. The first-order chi connectivity index (χ1) is 10.7. The molecule has 114 valence electrons. The lowest BCUT2D eigenvalue weighted by atomic mass is 10.1. The van der Waals surface area contributed by atoms with Crippen LogP contribution in [0.2, 0.25) is 0 Å². The summed E-state index contributed by atoms with van der Waals surface area (Å²) < 4.78 is 6.51. The number of benzene rings is 2. The number of hydrogen-bond acceptors (Lipinski definition) is 2. The highest BCUT2D eigenvalue weighted by Crippen LogP contribution is 2.48. The van der Waals surface area contributed by atoms with Crippen LogP contribution in [0.5, 0.6) is 5.75 Å². The summed E-state index contributed by atoms with van der Waals surface area (Å²) in [6.45, 7) is 2.56. The number of amides is 1. The van der Waals surface area contributed by atoms with Crippen molar-refractivity contribution in [2.75, 3.05) is 11.9 Å². The molecular weight excluding hydrogens is 342 g/mol. The largest absolute Gasteiger partial charge is 0.494 e. The molecule has 0 aromatic heterocycles. The summed E-state index contributed by atoms with van der Waals surface area (Å²) in [5.41, 5.74) is 2.02. The summed E-state index contributed by atoms with van der Waals surface area (Å²) in [5, 5.41) is 2.99. The maximum absolute atomic E-state index is 12.3. The molecule has 3 nitrogen and oxygen atoms in total. The minimum atomic E-state index is 0.0666. The molecule has 4 heteroatoms. The minimum Gasteiger partial charge on any atom is -0.494 e. The SMILES string of the molecule is CCOc1cccc(NC(=O)C2CC2c2ccc(Br)cc2)c1. The van der Waals surface area contributed by atoms with E-state index >= 15 is 0 Å².